The van der Waals surface area contributed by atoms with Crippen molar-refractivity contribution in [1.29, 1.82) is 0 Å². The highest BCUT2D eigenvalue weighted by Gasteiger charge is 2.49. The maximum absolute atomic E-state index is 13.7. The maximum Gasteiger partial charge on any atom is 0.418 e. The number of alkyl halides is 3. The van der Waals surface area contributed by atoms with Crippen molar-refractivity contribution >= 4 is 22.8 Å². The number of pyridine rings is 1. The summed E-state index contributed by atoms with van der Waals surface area (Å²) in [4.78, 5) is 31.6. The number of fused-ring (bicyclic) bond motifs is 2. The predicted molar refractivity (Wildman–Crippen MR) is 163 cm³/mol. The number of nitrogens with zero attached hydrogens (tertiary/aromatic N) is 2. The number of amides is 3. The summed E-state index contributed by atoms with van der Waals surface area (Å²) in [5.41, 5.74) is 1.43. The van der Waals surface area contributed by atoms with Crippen LogP contribution in [0, 0.1) is 0 Å². The number of halogens is 3. The minimum Gasteiger partial charge on any atom is -0.493 e. The van der Waals surface area contributed by atoms with E-state index in [1.54, 1.807) is 13.0 Å². The molecule has 1 fully saturated rings. The first-order valence-electron chi connectivity index (χ1n) is 15.2. The average molecular weight is 618 g/mol. The zero-order valence-electron chi connectivity index (χ0n) is 25.0. The number of rotatable bonds is 11. The van der Waals surface area contributed by atoms with Crippen molar-refractivity contribution in [3.63, 3.8) is 0 Å². The van der Waals surface area contributed by atoms with Crippen LogP contribution in [0.1, 0.15) is 60.4 Å². The number of urea groups is 1. The number of benzene rings is 3. The van der Waals surface area contributed by atoms with E-state index in [1.807, 2.05) is 48.5 Å². The molecule has 1 unspecified atom stereocenters. The summed E-state index contributed by atoms with van der Waals surface area (Å²) in [6, 6.07) is 18.9. The third kappa shape index (κ3) is 6.18. The molecule has 4 aromatic rings. The second kappa shape index (κ2) is 12.4. The first-order chi connectivity index (χ1) is 21.6. The summed E-state index contributed by atoms with van der Waals surface area (Å²) in [5, 5.41) is 3.20. The van der Waals surface area contributed by atoms with Crippen molar-refractivity contribution in [3.05, 3.63) is 101 Å². The molecule has 1 atom stereocenters. The number of para-hydroxylation sites is 1. The summed E-state index contributed by atoms with van der Waals surface area (Å²) in [5.74, 6) is 0.950. The van der Waals surface area contributed by atoms with E-state index in [-0.39, 0.29) is 11.4 Å². The Morgan fingerprint density at radius 1 is 1.00 bits per heavy atom. The van der Waals surface area contributed by atoms with E-state index in [0.717, 1.165) is 47.8 Å². The van der Waals surface area contributed by atoms with Gasteiger partial charge in [0.25, 0.3) is 5.91 Å². The number of carbonyl (C=O) groups excluding carboxylic acids is 2. The van der Waals surface area contributed by atoms with Gasteiger partial charge in [-0.3, -0.25) is 14.7 Å². The van der Waals surface area contributed by atoms with Gasteiger partial charge in [0.2, 0.25) is 0 Å². The van der Waals surface area contributed by atoms with Crippen LogP contribution in [0.4, 0.5) is 18.0 Å². The number of unbranched alkanes of at least 4 members (excludes halogenated alkanes) is 3. The van der Waals surface area contributed by atoms with Crippen LogP contribution in [-0.4, -0.2) is 41.6 Å². The van der Waals surface area contributed by atoms with Crippen LogP contribution in [0.3, 0.4) is 0 Å². The van der Waals surface area contributed by atoms with Crippen molar-refractivity contribution in [1.82, 2.24) is 15.2 Å². The highest BCUT2D eigenvalue weighted by molar-refractivity contribution is 6.07. The van der Waals surface area contributed by atoms with Crippen molar-refractivity contribution in [2.75, 3.05) is 19.8 Å². The van der Waals surface area contributed by atoms with E-state index in [0.29, 0.717) is 55.7 Å². The van der Waals surface area contributed by atoms with E-state index in [2.05, 4.69) is 10.3 Å². The first-order valence-corrected chi connectivity index (χ1v) is 15.2. The number of ether oxygens (including phenoxy) is 2. The Morgan fingerprint density at radius 3 is 2.60 bits per heavy atom. The molecule has 3 amide bonds. The van der Waals surface area contributed by atoms with Gasteiger partial charge >= 0.3 is 12.2 Å². The standard InChI is InChI=1S/C35H34F3N3O4/c1-34(26-14-15-29-24(21-26)16-19-44-29)32(42)41(33(43)40-34)17-7-2-3-8-18-45-31-25(20-23-10-5-4-6-11-23)22-39-30-27(31)12-9-13-28(30)35(36,37)38/h4-6,9-15,21-22H,2-3,7-8,16-20H2,1H3,(H,40,43). The largest absolute Gasteiger partial charge is 0.493 e. The van der Waals surface area contributed by atoms with Crippen molar-refractivity contribution < 1.29 is 32.2 Å². The molecular weight excluding hydrogens is 583 g/mol. The van der Waals surface area contributed by atoms with Gasteiger partial charge in [-0.05, 0) is 60.7 Å². The lowest BCUT2D eigenvalue weighted by Gasteiger charge is -2.23. The molecule has 3 heterocycles. The highest BCUT2D eigenvalue weighted by atomic mass is 19.4. The Balaban J connectivity index is 1.06. The van der Waals surface area contributed by atoms with Crippen LogP contribution in [0.15, 0.2) is 72.9 Å². The van der Waals surface area contributed by atoms with Crippen LogP contribution in [-0.2, 0) is 29.4 Å². The van der Waals surface area contributed by atoms with Crippen LogP contribution in [0.2, 0.25) is 0 Å². The van der Waals surface area contributed by atoms with Crippen LogP contribution >= 0.6 is 0 Å². The molecule has 2 aliphatic heterocycles. The van der Waals surface area contributed by atoms with Gasteiger partial charge in [0.05, 0.1) is 24.3 Å². The highest BCUT2D eigenvalue weighted by Crippen LogP contribution is 2.39. The van der Waals surface area contributed by atoms with Crippen LogP contribution < -0.4 is 14.8 Å². The molecule has 1 aromatic heterocycles. The van der Waals surface area contributed by atoms with Gasteiger partial charge in [-0.25, -0.2) is 4.79 Å². The van der Waals surface area contributed by atoms with Crippen LogP contribution in [0.25, 0.3) is 10.9 Å². The molecule has 10 heteroatoms. The predicted octanol–water partition coefficient (Wildman–Crippen LogP) is 7.19. The van der Waals surface area contributed by atoms with Crippen molar-refractivity contribution in [3.8, 4) is 11.5 Å². The molecule has 2 aliphatic rings. The summed E-state index contributed by atoms with van der Waals surface area (Å²) in [6.07, 6.45) is 0.973. The molecule has 6 rings (SSSR count). The SMILES string of the molecule is CC1(c2ccc3c(c2)CCO3)NC(=O)N(CCCCCCOc2c(Cc3ccccc3)cnc3c(C(F)(F)F)cccc23)C1=O. The fourth-order valence-corrected chi connectivity index (χ4v) is 6.07. The zero-order valence-corrected chi connectivity index (χ0v) is 25.0. The third-order valence-corrected chi connectivity index (χ3v) is 8.53. The zero-order chi connectivity index (χ0) is 31.6. The molecule has 0 bridgehead atoms. The number of aromatic nitrogens is 1. The molecule has 0 saturated carbocycles. The van der Waals surface area contributed by atoms with Gasteiger partial charge in [-0.2, -0.15) is 13.2 Å². The lowest BCUT2D eigenvalue weighted by Crippen LogP contribution is -2.41. The quantitative estimate of drug-likeness (QED) is 0.142. The number of hydrogen-bond acceptors (Lipinski definition) is 5. The number of carbonyl (C=O) groups is 2. The number of nitrogens with one attached hydrogen (secondary N) is 1. The normalized spacial score (nSPS) is 17.8. The maximum atomic E-state index is 13.7. The summed E-state index contributed by atoms with van der Waals surface area (Å²) >= 11 is 0. The minimum absolute atomic E-state index is 0.134. The Morgan fingerprint density at radius 2 is 1.80 bits per heavy atom. The fraction of sp³-hybridized carbons (Fsp3) is 0.343. The Kier molecular flexibility index (Phi) is 8.40. The monoisotopic (exact) mass is 617 g/mol. The molecule has 0 spiro atoms. The topological polar surface area (TPSA) is 80.8 Å². The number of imide groups is 1. The molecule has 234 valence electrons. The van der Waals surface area contributed by atoms with E-state index in [4.69, 9.17) is 9.47 Å². The number of hydrogen-bond donors (Lipinski definition) is 1. The third-order valence-electron chi connectivity index (χ3n) is 8.53. The van der Waals surface area contributed by atoms with Gasteiger partial charge in [0, 0.05) is 36.5 Å². The van der Waals surface area contributed by atoms with Gasteiger partial charge < -0.3 is 14.8 Å². The lowest BCUT2D eigenvalue weighted by molar-refractivity contribution is -0.136. The minimum atomic E-state index is -4.54. The summed E-state index contributed by atoms with van der Waals surface area (Å²) < 4.78 is 52.9. The van der Waals surface area contributed by atoms with Gasteiger partial charge in [-0.15, -0.1) is 0 Å². The Bertz CT molecular complexity index is 1730. The molecule has 45 heavy (non-hydrogen) atoms. The second-order valence-electron chi connectivity index (χ2n) is 11.7. The van der Waals surface area contributed by atoms with E-state index >= 15 is 0 Å². The van der Waals surface area contributed by atoms with Gasteiger partial charge in [0.1, 0.15) is 17.0 Å². The Hall–Kier alpha value is -4.60. The molecule has 0 aliphatic carbocycles. The van der Waals surface area contributed by atoms with Gasteiger partial charge in [-0.1, -0.05) is 55.3 Å². The molecule has 7 nitrogen and oxygen atoms in total. The molecular formula is C35H34F3N3O4. The van der Waals surface area contributed by atoms with E-state index in [9.17, 15) is 22.8 Å². The van der Waals surface area contributed by atoms with E-state index < -0.39 is 23.3 Å². The summed E-state index contributed by atoms with van der Waals surface area (Å²) in [7, 11) is 0. The summed E-state index contributed by atoms with van der Waals surface area (Å²) in [6.45, 7) is 2.95. The molecule has 1 N–H and O–H groups in total. The Labute approximate surface area is 259 Å². The van der Waals surface area contributed by atoms with Crippen molar-refractivity contribution in [2.45, 2.75) is 57.2 Å². The molecule has 0 radical (unpaired) electrons. The lowest BCUT2D eigenvalue weighted by atomic mass is 9.90. The average Bonchev–Trinajstić information content (AvgIpc) is 3.58. The molecule has 3 aromatic carbocycles. The first kappa shape index (κ1) is 30.4. The van der Waals surface area contributed by atoms with Crippen LogP contribution in [0.5, 0.6) is 11.5 Å². The molecule has 1 saturated heterocycles. The van der Waals surface area contributed by atoms with Crippen molar-refractivity contribution in [2.24, 2.45) is 0 Å². The fourth-order valence-electron chi connectivity index (χ4n) is 6.07. The smallest absolute Gasteiger partial charge is 0.418 e. The second-order valence-corrected chi connectivity index (χ2v) is 11.7. The van der Waals surface area contributed by atoms with Gasteiger partial charge in [0.15, 0.2) is 0 Å². The van der Waals surface area contributed by atoms with E-state index in [1.165, 1.54) is 17.2 Å².